The number of nitrogens with zero attached hydrogens (tertiary/aromatic N) is 1. The molecule has 0 atom stereocenters. The second-order valence-electron chi connectivity index (χ2n) is 5.83. The molecule has 0 amide bonds. The summed E-state index contributed by atoms with van der Waals surface area (Å²) in [5.74, 6) is 0. The molecular weight excluding hydrogens is 254 g/mol. The number of nitrogens with two attached hydrogens (primary N) is 1. The Hall–Kier alpha value is -1.13. The summed E-state index contributed by atoms with van der Waals surface area (Å²) in [6, 6.07) is 6.44. The van der Waals surface area contributed by atoms with Crippen LogP contribution in [0.5, 0.6) is 0 Å². The standard InChI is InChI=1S/C15H21N3S/c1-15(7-3-2-4-8-15)17-10-11-5-6-12-13(9-11)19-14(16)18-12/h5-6,9,17H,2-4,7-8,10H2,1H3,(H2,16,18). The summed E-state index contributed by atoms with van der Waals surface area (Å²) in [6.45, 7) is 3.29. The number of aromatic nitrogens is 1. The van der Waals surface area contributed by atoms with Crippen molar-refractivity contribution in [3.05, 3.63) is 23.8 Å². The quantitative estimate of drug-likeness (QED) is 0.898. The van der Waals surface area contributed by atoms with E-state index in [2.05, 4.69) is 35.4 Å². The minimum Gasteiger partial charge on any atom is -0.375 e. The molecule has 4 heteroatoms. The van der Waals surface area contributed by atoms with Gasteiger partial charge in [-0.05, 0) is 37.5 Å². The normalized spacial score (nSPS) is 18.8. The van der Waals surface area contributed by atoms with Crippen LogP contribution in [0.25, 0.3) is 10.2 Å². The number of fused-ring (bicyclic) bond motifs is 1. The van der Waals surface area contributed by atoms with E-state index < -0.39 is 0 Å². The van der Waals surface area contributed by atoms with E-state index in [1.165, 1.54) is 42.4 Å². The van der Waals surface area contributed by atoms with Gasteiger partial charge in [0.15, 0.2) is 5.13 Å². The minimum atomic E-state index is 0.319. The molecule has 1 saturated carbocycles. The Morgan fingerprint density at radius 1 is 1.32 bits per heavy atom. The van der Waals surface area contributed by atoms with Crippen molar-refractivity contribution in [3.63, 3.8) is 0 Å². The Balaban J connectivity index is 1.70. The number of nitrogens with one attached hydrogen (secondary N) is 1. The van der Waals surface area contributed by atoms with Crippen molar-refractivity contribution in [1.29, 1.82) is 0 Å². The van der Waals surface area contributed by atoms with Crippen molar-refractivity contribution in [1.82, 2.24) is 10.3 Å². The second-order valence-corrected chi connectivity index (χ2v) is 6.89. The Labute approximate surface area is 118 Å². The molecule has 0 saturated heterocycles. The molecule has 0 aliphatic heterocycles. The third-order valence-electron chi connectivity index (χ3n) is 4.15. The van der Waals surface area contributed by atoms with E-state index in [1.807, 2.05) is 0 Å². The average Bonchev–Trinajstić information content (AvgIpc) is 2.76. The highest BCUT2D eigenvalue weighted by atomic mass is 32.1. The fourth-order valence-corrected chi connectivity index (χ4v) is 3.72. The van der Waals surface area contributed by atoms with E-state index in [-0.39, 0.29) is 0 Å². The largest absolute Gasteiger partial charge is 0.375 e. The summed E-state index contributed by atoms with van der Waals surface area (Å²) in [4.78, 5) is 4.29. The van der Waals surface area contributed by atoms with Gasteiger partial charge in [-0.1, -0.05) is 36.7 Å². The van der Waals surface area contributed by atoms with Gasteiger partial charge in [0.25, 0.3) is 0 Å². The number of nitrogen functional groups attached to an aromatic ring is 1. The molecular formula is C15H21N3S. The summed E-state index contributed by atoms with van der Waals surface area (Å²) in [6.07, 6.45) is 6.69. The van der Waals surface area contributed by atoms with Crippen LogP contribution in [0.4, 0.5) is 5.13 Å². The molecule has 0 spiro atoms. The molecule has 1 fully saturated rings. The number of benzene rings is 1. The molecule has 0 bridgehead atoms. The fraction of sp³-hybridized carbons (Fsp3) is 0.533. The topological polar surface area (TPSA) is 50.9 Å². The van der Waals surface area contributed by atoms with E-state index >= 15 is 0 Å². The molecule has 2 aromatic rings. The maximum atomic E-state index is 5.74. The van der Waals surface area contributed by atoms with Gasteiger partial charge in [0, 0.05) is 12.1 Å². The maximum absolute atomic E-state index is 5.74. The van der Waals surface area contributed by atoms with E-state index in [1.54, 1.807) is 11.3 Å². The minimum absolute atomic E-state index is 0.319. The fourth-order valence-electron chi connectivity index (χ4n) is 2.92. The van der Waals surface area contributed by atoms with Gasteiger partial charge in [-0.2, -0.15) is 0 Å². The lowest BCUT2D eigenvalue weighted by Crippen LogP contribution is -2.43. The Kier molecular flexibility index (Phi) is 3.46. The van der Waals surface area contributed by atoms with E-state index in [9.17, 15) is 0 Å². The van der Waals surface area contributed by atoms with Gasteiger partial charge in [0.2, 0.25) is 0 Å². The van der Waals surface area contributed by atoms with Gasteiger partial charge < -0.3 is 11.1 Å². The van der Waals surface area contributed by atoms with Crippen molar-refractivity contribution in [3.8, 4) is 0 Å². The predicted octanol–water partition coefficient (Wildman–Crippen LogP) is 3.69. The molecule has 0 radical (unpaired) electrons. The van der Waals surface area contributed by atoms with Gasteiger partial charge >= 0.3 is 0 Å². The summed E-state index contributed by atoms with van der Waals surface area (Å²) in [7, 11) is 0. The highest BCUT2D eigenvalue weighted by Crippen LogP contribution is 2.29. The summed E-state index contributed by atoms with van der Waals surface area (Å²) in [5, 5.41) is 4.39. The van der Waals surface area contributed by atoms with Crippen LogP contribution in [0.15, 0.2) is 18.2 Å². The summed E-state index contributed by atoms with van der Waals surface area (Å²) in [5.41, 5.74) is 8.40. The third kappa shape index (κ3) is 2.90. The van der Waals surface area contributed by atoms with Crippen molar-refractivity contribution >= 4 is 26.7 Å². The Bertz CT molecular complexity index is 570. The molecule has 3 rings (SSSR count). The number of hydrogen-bond acceptors (Lipinski definition) is 4. The van der Waals surface area contributed by atoms with Crippen LogP contribution < -0.4 is 11.1 Å². The van der Waals surface area contributed by atoms with E-state index in [0.29, 0.717) is 10.7 Å². The van der Waals surface area contributed by atoms with Gasteiger partial charge in [0.1, 0.15) is 0 Å². The van der Waals surface area contributed by atoms with Crippen molar-refractivity contribution in [2.45, 2.75) is 51.1 Å². The molecule has 19 heavy (non-hydrogen) atoms. The van der Waals surface area contributed by atoms with Crippen LogP contribution in [-0.4, -0.2) is 10.5 Å². The molecule has 1 aromatic heterocycles. The molecule has 1 aromatic carbocycles. The SMILES string of the molecule is CC1(NCc2ccc3nc(N)sc3c2)CCCCC1. The lowest BCUT2D eigenvalue weighted by Gasteiger charge is -2.34. The number of rotatable bonds is 3. The second kappa shape index (κ2) is 5.10. The smallest absolute Gasteiger partial charge is 0.181 e. The zero-order valence-corrected chi connectivity index (χ0v) is 12.2. The zero-order valence-electron chi connectivity index (χ0n) is 11.4. The first-order chi connectivity index (χ1) is 9.15. The summed E-state index contributed by atoms with van der Waals surface area (Å²) < 4.78 is 1.19. The molecule has 0 unspecified atom stereocenters. The number of hydrogen-bond donors (Lipinski definition) is 2. The van der Waals surface area contributed by atoms with Crippen LogP contribution in [0.1, 0.15) is 44.6 Å². The van der Waals surface area contributed by atoms with Crippen LogP contribution in [0.3, 0.4) is 0 Å². The van der Waals surface area contributed by atoms with Gasteiger partial charge in [-0.25, -0.2) is 4.98 Å². The summed E-state index contributed by atoms with van der Waals surface area (Å²) >= 11 is 1.57. The third-order valence-corrected chi connectivity index (χ3v) is 4.99. The molecule has 1 heterocycles. The Morgan fingerprint density at radius 2 is 2.11 bits per heavy atom. The molecule has 102 valence electrons. The maximum Gasteiger partial charge on any atom is 0.181 e. The van der Waals surface area contributed by atoms with Gasteiger partial charge in [-0.3, -0.25) is 0 Å². The molecule has 1 aliphatic rings. The van der Waals surface area contributed by atoms with E-state index in [0.717, 1.165) is 12.1 Å². The first-order valence-electron chi connectivity index (χ1n) is 7.05. The van der Waals surface area contributed by atoms with Crippen LogP contribution in [0, 0.1) is 0 Å². The lowest BCUT2D eigenvalue weighted by molar-refractivity contribution is 0.252. The van der Waals surface area contributed by atoms with Crippen molar-refractivity contribution in [2.75, 3.05) is 5.73 Å². The first kappa shape index (κ1) is 12.9. The number of anilines is 1. The van der Waals surface area contributed by atoms with Gasteiger partial charge in [-0.15, -0.1) is 0 Å². The Morgan fingerprint density at radius 3 is 2.89 bits per heavy atom. The lowest BCUT2D eigenvalue weighted by atomic mass is 9.83. The molecule has 1 aliphatic carbocycles. The van der Waals surface area contributed by atoms with Crippen LogP contribution >= 0.6 is 11.3 Å². The highest BCUT2D eigenvalue weighted by Gasteiger charge is 2.25. The zero-order chi connectivity index (χ0) is 13.3. The van der Waals surface area contributed by atoms with Gasteiger partial charge in [0.05, 0.1) is 10.2 Å². The monoisotopic (exact) mass is 275 g/mol. The van der Waals surface area contributed by atoms with Crippen LogP contribution in [0.2, 0.25) is 0 Å². The van der Waals surface area contributed by atoms with Crippen molar-refractivity contribution in [2.24, 2.45) is 0 Å². The predicted molar refractivity (Wildman–Crippen MR) is 82.4 cm³/mol. The highest BCUT2D eigenvalue weighted by molar-refractivity contribution is 7.22. The van der Waals surface area contributed by atoms with E-state index in [4.69, 9.17) is 5.73 Å². The van der Waals surface area contributed by atoms with Crippen molar-refractivity contribution < 1.29 is 0 Å². The molecule has 3 N–H and O–H groups in total. The first-order valence-corrected chi connectivity index (χ1v) is 7.86. The number of thiazole rings is 1. The van der Waals surface area contributed by atoms with Crippen LogP contribution in [-0.2, 0) is 6.54 Å². The molecule has 3 nitrogen and oxygen atoms in total. The average molecular weight is 275 g/mol.